The molecule has 0 aliphatic rings. The Bertz CT molecular complexity index is 1050. The first-order chi connectivity index (χ1) is 11.7. The van der Waals surface area contributed by atoms with Crippen molar-refractivity contribution >= 4 is 16.5 Å². The quantitative estimate of drug-likeness (QED) is 0.636. The number of hydrogen-bond acceptors (Lipinski definition) is 2. The molecule has 0 fully saturated rings. The van der Waals surface area contributed by atoms with Crippen LogP contribution in [0.2, 0.25) is 0 Å². The van der Waals surface area contributed by atoms with Crippen molar-refractivity contribution in [2.45, 2.75) is 13.1 Å². The predicted octanol–water partition coefficient (Wildman–Crippen LogP) is 4.58. The van der Waals surface area contributed by atoms with Gasteiger partial charge in [0.25, 0.3) is 5.56 Å². The van der Waals surface area contributed by atoms with Gasteiger partial charge in [-0.25, -0.2) is 4.39 Å². The van der Waals surface area contributed by atoms with Gasteiger partial charge in [0.1, 0.15) is 5.82 Å². The summed E-state index contributed by atoms with van der Waals surface area (Å²) in [6, 6.07) is 5.66. The maximum Gasteiger partial charge on any atom is 0.418 e. The zero-order valence-corrected chi connectivity index (χ0v) is 13.1. The van der Waals surface area contributed by atoms with E-state index in [-0.39, 0.29) is 16.6 Å². The van der Waals surface area contributed by atoms with Gasteiger partial charge < -0.3 is 0 Å². The summed E-state index contributed by atoms with van der Waals surface area (Å²) in [4.78, 5) is 16.6. The molecule has 3 nitrogen and oxygen atoms in total. The second-order valence-electron chi connectivity index (χ2n) is 5.56. The molecule has 7 heteroatoms. The maximum atomic E-state index is 13.5. The summed E-state index contributed by atoms with van der Waals surface area (Å²) >= 11 is 0. The van der Waals surface area contributed by atoms with Crippen molar-refractivity contribution in [1.29, 1.82) is 0 Å². The van der Waals surface area contributed by atoms with Gasteiger partial charge >= 0.3 is 6.18 Å². The van der Waals surface area contributed by atoms with E-state index in [0.29, 0.717) is 11.1 Å². The van der Waals surface area contributed by atoms with Gasteiger partial charge in [-0.1, -0.05) is 18.7 Å². The Morgan fingerprint density at radius 3 is 2.56 bits per heavy atom. The summed E-state index contributed by atoms with van der Waals surface area (Å²) in [7, 11) is 0. The van der Waals surface area contributed by atoms with Crippen molar-refractivity contribution in [2.75, 3.05) is 0 Å². The molecule has 3 aromatic rings. The highest BCUT2D eigenvalue weighted by Gasteiger charge is 2.34. The first-order valence-electron chi connectivity index (χ1n) is 7.23. The van der Waals surface area contributed by atoms with E-state index in [1.807, 2.05) is 0 Å². The Hall–Kier alpha value is -2.96. The van der Waals surface area contributed by atoms with Gasteiger partial charge in [0, 0.05) is 11.8 Å². The van der Waals surface area contributed by atoms with Gasteiger partial charge in [-0.2, -0.15) is 13.2 Å². The summed E-state index contributed by atoms with van der Waals surface area (Å²) in [6.07, 6.45) is -2.45. The fraction of sp³-hybridized carbons (Fsp3) is 0.111. The third-order valence-electron chi connectivity index (χ3n) is 3.75. The van der Waals surface area contributed by atoms with Crippen molar-refractivity contribution in [1.82, 2.24) is 9.55 Å². The molecule has 0 radical (unpaired) electrons. The number of pyridine rings is 2. The molecule has 2 heterocycles. The van der Waals surface area contributed by atoms with Crippen LogP contribution < -0.4 is 5.56 Å². The lowest BCUT2D eigenvalue weighted by Gasteiger charge is -2.16. The summed E-state index contributed by atoms with van der Waals surface area (Å²) in [5.74, 6) is -0.751. The number of benzene rings is 1. The van der Waals surface area contributed by atoms with Gasteiger partial charge in [-0.15, -0.1) is 0 Å². The number of rotatable bonds is 2. The van der Waals surface area contributed by atoms with Crippen molar-refractivity contribution < 1.29 is 17.6 Å². The third kappa shape index (κ3) is 2.93. The third-order valence-corrected chi connectivity index (χ3v) is 3.75. The molecule has 0 unspecified atom stereocenters. The van der Waals surface area contributed by atoms with E-state index in [0.717, 1.165) is 22.9 Å². The highest BCUT2D eigenvalue weighted by molar-refractivity contribution is 5.89. The Morgan fingerprint density at radius 1 is 1.24 bits per heavy atom. The molecule has 0 bridgehead atoms. The van der Waals surface area contributed by atoms with Crippen LogP contribution >= 0.6 is 0 Å². The lowest BCUT2D eigenvalue weighted by atomic mass is 10.1. The largest absolute Gasteiger partial charge is 0.418 e. The van der Waals surface area contributed by atoms with Crippen molar-refractivity contribution in [3.8, 4) is 5.69 Å². The van der Waals surface area contributed by atoms with Crippen molar-refractivity contribution in [2.24, 2.45) is 0 Å². The number of allylic oxidation sites excluding steroid dienone is 1. The lowest BCUT2D eigenvalue weighted by Crippen LogP contribution is -2.22. The molecule has 0 atom stereocenters. The number of para-hydroxylation sites is 1. The van der Waals surface area contributed by atoms with Crippen LogP contribution in [0.3, 0.4) is 0 Å². The summed E-state index contributed by atoms with van der Waals surface area (Å²) < 4.78 is 54.3. The molecular weight excluding hydrogens is 336 g/mol. The number of nitrogens with zero attached hydrogens (tertiary/aromatic N) is 2. The molecule has 0 aliphatic heterocycles. The predicted molar refractivity (Wildman–Crippen MR) is 87.0 cm³/mol. The van der Waals surface area contributed by atoms with Crippen LogP contribution in [-0.2, 0) is 6.18 Å². The molecule has 2 aromatic heterocycles. The average Bonchev–Trinajstić information content (AvgIpc) is 2.54. The van der Waals surface area contributed by atoms with E-state index in [1.54, 1.807) is 6.92 Å². The van der Waals surface area contributed by atoms with E-state index >= 15 is 0 Å². The van der Waals surface area contributed by atoms with E-state index in [1.165, 1.54) is 24.4 Å². The van der Waals surface area contributed by atoms with Gasteiger partial charge in [0.05, 0.1) is 28.4 Å². The van der Waals surface area contributed by atoms with Crippen LogP contribution in [0.4, 0.5) is 17.6 Å². The Kier molecular flexibility index (Phi) is 3.94. The molecule has 0 amide bonds. The van der Waals surface area contributed by atoms with Crippen LogP contribution in [0.25, 0.3) is 22.2 Å². The Morgan fingerprint density at radius 2 is 1.92 bits per heavy atom. The first-order valence-corrected chi connectivity index (χ1v) is 7.23. The Labute approximate surface area is 139 Å². The normalized spacial score (nSPS) is 11.7. The summed E-state index contributed by atoms with van der Waals surface area (Å²) in [5.41, 5.74) is -1.04. The topological polar surface area (TPSA) is 34.9 Å². The molecule has 0 spiro atoms. The van der Waals surface area contributed by atoms with Crippen molar-refractivity contribution in [3.05, 3.63) is 76.6 Å². The molecular formula is C18H12F4N2O. The maximum absolute atomic E-state index is 13.5. The molecule has 128 valence electrons. The minimum atomic E-state index is -4.64. The first kappa shape index (κ1) is 16.9. The number of alkyl halides is 3. The van der Waals surface area contributed by atoms with Gasteiger partial charge in [-0.05, 0) is 30.7 Å². The fourth-order valence-electron chi connectivity index (χ4n) is 2.61. The van der Waals surface area contributed by atoms with Gasteiger partial charge in [0.15, 0.2) is 0 Å². The molecule has 1 aromatic carbocycles. The van der Waals surface area contributed by atoms with Gasteiger partial charge in [0.2, 0.25) is 0 Å². The second-order valence-corrected chi connectivity index (χ2v) is 5.56. The zero-order valence-electron chi connectivity index (χ0n) is 13.1. The molecule has 0 saturated heterocycles. The number of aromatic nitrogens is 2. The zero-order chi connectivity index (χ0) is 18.4. The van der Waals surface area contributed by atoms with E-state index < -0.39 is 23.1 Å². The monoisotopic (exact) mass is 348 g/mol. The minimum Gasteiger partial charge on any atom is -0.282 e. The summed E-state index contributed by atoms with van der Waals surface area (Å²) in [6.45, 7) is 5.39. The fourth-order valence-corrected chi connectivity index (χ4v) is 2.61. The number of fused-ring (bicyclic) bond motifs is 1. The van der Waals surface area contributed by atoms with E-state index in [9.17, 15) is 22.4 Å². The second kappa shape index (κ2) is 5.84. The average molecular weight is 348 g/mol. The Balaban J connectivity index is 2.45. The van der Waals surface area contributed by atoms with Gasteiger partial charge in [-0.3, -0.25) is 14.3 Å². The van der Waals surface area contributed by atoms with E-state index in [4.69, 9.17) is 0 Å². The molecule has 3 rings (SSSR count). The lowest BCUT2D eigenvalue weighted by molar-refractivity contribution is -0.137. The standard InChI is InChI=1S/C18H12F4N2O/c1-10(2)13-9-24(15-6-4-3-5-14(15)18(20,21)22)17(25)12-7-11(19)8-23-16(12)13/h3-9H,1H2,2H3. The number of hydrogen-bond donors (Lipinski definition) is 0. The smallest absolute Gasteiger partial charge is 0.282 e. The molecule has 25 heavy (non-hydrogen) atoms. The van der Waals surface area contributed by atoms with Crippen LogP contribution in [0, 0.1) is 5.82 Å². The summed E-state index contributed by atoms with van der Waals surface area (Å²) in [5, 5.41) is -0.113. The van der Waals surface area contributed by atoms with Crippen LogP contribution in [0.15, 0.2) is 54.1 Å². The molecule has 0 aliphatic carbocycles. The highest BCUT2D eigenvalue weighted by atomic mass is 19.4. The van der Waals surface area contributed by atoms with E-state index in [2.05, 4.69) is 11.6 Å². The van der Waals surface area contributed by atoms with Crippen molar-refractivity contribution in [3.63, 3.8) is 0 Å². The SMILES string of the molecule is C=C(C)c1cn(-c2ccccc2C(F)(F)F)c(=O)c2cc(F)cnc12. The van der Waals surface area contributed by atoms with Crippen LogP contribution in [0.5, 0.6) is 0 Å². The highest BCUT2D eigenvalue weighted by Crippen LogP contribution is 2.34. The minimum absolute atomic E-state index is 0.113. The molecule has 0 N–H and O–H groups in total. The molecule has 0 saturated carbocycles. The van der Waals surface area contributed by atoms with Crippen LogP contribution in [-0.4, -0.2) is 9.55 Å². The van der Waals surface area contributed by atoms with Crippen LogP contribution in [0.1, 0.15) is 18.1 Å². The number of halogens is 4.